The number of anilines is 2. The summed E-state index contributed by atoms with van der Waals surface area (Å²) in [5.74, 6) is 0. The van der Waals surface area contributed by atoms with E-state index in [2.05, 4.69) is 47.4 Å². The Morgan fingerprint density at radius 3 is 2.35 bits per heavy atom. The maximum atomic E-state index is 13.2. The summed E-state index contributed by atoms with van der Waals surface area (Å²) in [6, 6.07) is 15.5. The Morgan fingerprint density at radius 1 is 1.03 bits per heavy atom. The van der Waals surface area contributed by atoms with Crippen molar-refractivity contribution in [2.24, 2.45) is 0 Å². The van der Waals surface area contributed by atoms with Crippen LogP contribution in [0.15, 0.2) is 71.9 Å². The van der Waals surface area contributed by atoms with Gasteiger partial charge in [-0.05, 0) is 65.1 Å². The average molecular weight is 542 g/mol. The first-order valence-electron chi connectivity index (χ1n) is 12.1. The summed E-state index contributed by atoms with van der Waals surface area (Å²) in [5, 5.41) is 6.20. The van der Waals surface area contributed by atoms with E-state index in [1.165, 1.54) is 16.4 Å². The molecular formula is C27H32ClN5O3S. The molecule has 1 aromatic heterocycles. The van der Waals surface area contributed by atoms with Crippen LogP contribution in [0.4, 0.5) is 16.2 Å². The minimum Gasteiger partial charge on any atom is -0.369 e. The number of hydrogen-bond donors (Lipinski definition) is 2. The Bertz CT molecular complexity index is 1330. The van der Waals surface area contributed by atoms with Gasteiger partial charge in [-0.15, -0.1) is 0 Å². The van der Waals surface area contributed by atoms with Crippen molar-refractivity contribution in [2.75, 3.05) is 36.4 Å². The summed E-state index contributed by atoms with van der Waals surface area (Å²) in [6.07, 6.45) is 3.35. The molecule has 2 heterocycles. The third kappa shape index (κ3) is 6.60. The summed E-state index contributed by atoms with van der Waals surface area (Å²) in [4.78, 5) is 18.6. The number of benzene rings is 2. The zero-order valence-corrected chi connectivity index (χ0v) is 22.8. The van der Waals surface area contributed by atoms with E-state index in [0.717, 1.165) is 21.8 Å². The van der Waals surface area contributed by atoms with Gasteiger partial charge in [0.25, 0.3) is 0 Å². The van der Waals surface area contributed by atoms with Gasteiger partial charge in [-0.3, -0.25) is 4.98 Å². The second-order valence-electron chi connectivity index (χ2n) is 10.00. The van der Waals surface area contributed by atoms with Crippen molar-refractivity contribution in [1.82, 2.24) is 14.6 Å². The molecule has 1 aliphatic rings. The van der Waals surface area contributed by atoms with Crippen LogP contribution in [0.2, 0.25) is 5.02 Å². The lowest BCUT2D eigenvalue weighted by Gasteiger charge is -2.36. The molecule has 0 unspecified atom stereocenters. The van der Waals surface area contributed by atoms with E-state index < -0.39 is 10.0 Å². The van der Waals surface area contributed by atoms with Crippen LogP contribution in [-0.4, -0.2) is 49.9 Å². The van der Waals surface area contributed by atoms with E-state index >= 15 is 0 Å². The first-order chi connectivity index (χ1) is 17.5. The topological polar surface area (TPSA) is 94.6 Å². The SMILES string of the molecule is CC(C)(C)c1cc(N2CCN(S(=O)(=O)c3ccc(NC(=O)NCc4cccnc4)cc3)CC2)ccc1Cl. The van der Waals surface area contributed by atoms with Gasteiger partial charge in [0.2, 0.25) is 10.0 Å². The molecule has 2 amide bonds. The van der Waals surface area contributed by atoms with Crippen molar-refractivity contribution in [1.29, 1.82) is 0 Å². The lowest BCUT2D eigenvalue weighted by molar-refractivity contribution is 0.251. The van der Waals surface area contributed by atoms with Gasteiger partial charge in [-0.2, -0.15) is 4.31 Å². The van der Waals surface area contributed by atoms with Crippen molar-refractivity contribution in [3.8, 4) is 0 Å². The molecule has 1 aliphatic heterocycles. The van der Waals surface area contributed by atoms with Gasteiger partial charge in [-0.25, -0.2) is 13.2 Å². The Hall–Kier alpha value is -3.14. The highest BCUT2D eigenvalue weighted by Crippen LogP contribution is 2.33. The molecule has 196 valence electrons. The number of nitrogens with zero attached hydrogens (tertiary/aromatic N) is 3. The number of pyridine rings is 1. The van der Waals surface area contributed by atoms with Crippen LogP contribution >= 0.6 is 11.6 Å². The van der Waals surface area contributed by atoms with Crippen LogP contribution in [0.5, 0.6) is 0 Å². The fourth-order valence-electron chi connectivity index (χ4n) is 4.19. The third-order valence-electron chi connectivity index (χ3n) is 6.29. The predicted molar refractivity (Wildman–Crippen MR) is 148 cm³/mol. The molecule has 0 saturated carbocycles. The van der Waals surface area contributed by atoms with Gasteiger partial charge < -0.3 is 15.5 Å². The number of hydrogen-bond acceptors (Lipinski definition) is 5. The summed E-state index contributed by atoms with van der Waals surface area (Å²) in [6.45, 7) is 8.64. The first-order valence-corrected chi connectivity index (χ1v) is 13.9. The fourth-order valence-corrected chi connectivity index (χ4v) is 6.01. The molecule has 1 fully saturated rings. The Kier molecular flexibility index (Phi) is 8.06. The van der Waals surface area contributed by atoms with Crippen molar-refractivity contribution in [3.63, 3.8) is 0 Å². The maximum Gasteiger partial charge on any atom is 0.319 e. The number of nitrogens with one attached hydrogen (secondary N) is 2. The van der Waals surface area contributed by atoms with Crippen molar-refractivity contribution < 1.29 is 13.2 Å². The normalized spacial score (nSPS) is 14.9. The quantitative estimate of drug-likeness (QED) is 0.464. The molecule has 2 aromatic carbocycles. The van der Waals surface area contributed by atoms with E-state index in [-0.39, 0.29) is 16.3 Å². The second-order valence-corrected chi connectivity index (χ2v) is 12.3. The third-order valence-corrected chi connectivity index (χ3v) is 8.53. The predicted octanol–water partition coefficient (Wildman–Crippen LogP) is 4.87. The molecule has 0 radical (unpaired) electrons. The van der Waals surface area contributed by atoms with Crippen LogP contribution in [0.1, 0.15) is 31.9 Å². The largest absolute Gasteiger partial charge is 0.369 e. The van der Waals surface area contributed by atoms with Crippen molar-refractivity contribution >= 4 is 39.0 Å². The zero-order chi connectivity index (χ0) is 26.6. The highest BCUT2D eigenvalue weighted by Gasteiger charge is 2.29. The maximum absolute atomic E-state index is 13.2. The lowest BCUT2D eigenvalue weighted by Crippen LogP contribution is -2.48. The Morgan fingerprint density at radius 2 is 1.73 bits per heavy atom. The molecule has 3 aromatic rings. The Labute approximate surface area is 223 Å². The van der Waals surface area contributed by atoms with E-state index in [1.54, 1.807) is 30.6 Å². The minimum absolute atomic E-state index is 0.0840. The first kappa shape index (κ1) is 26.9. The lowest BCUT2D eigenvalue weighted by atomic mass is 9.86. The number of sulfonamides is 1. The molecule has 10 heteroatoms. The number of rotatable bonds is 6. The van der Waals surface area contributed by atoms with Crippen LogP contribution in [-0.2, 0) is 22.0 Å². The van der Waals surface area contributed by atoms with Crippen LogP contribution in [0, 0.1) is 0 Å². The number of carbonyl (C=O) groups is 1. The molecular weight excluding hydrogens is 510 g/mol. The van der Waals surface area contributed by atoms with Gasteiger partial charge >= 0.3 is 6.03 Å². The molecule has 8 nitrogen and oxygen atoms in total. The summed E-state index contributed by atoms with van der Waals surface area (Å²) in [5.41, 5.74) is 3.42. The molecule has 0 atom stereocenters. The molecule has 0 bridgehead atoms. The van der Waals surface area contributed by atoms with Gasteiger partial charge in [-0.1, -0.05) is 38.4 Å². The number of carbonyl (C=O) groups excluding carboxylic acids is 1. The van der Waals surface area contributed by atoms with E-state index in [9.17, 15) is 13.2 Å². The highest BCUT2D eigenvalue weighted by atomic mass is 35.5. The van der Waals surface area contributed by atoms with Crippen LogP contribution in [0.25, 0.3) is 0 Å². The van der Waals surface area contributed by atoms with E-state index in [1.807, 2.05) is 18.2 Å². The molecule has 1 saturated heterocycles. The number of urea groups is 1. The number of aromatic nitrogens is 1. The number of halogens is 1. The molecule has 4 rings (SSSR count). The molecule has 0 spiro atoms. The minimum atomic E-state index is -3.65. The van der Waals surface area contributed by atoms with Gasteiger partial charge in [0.15, 0.2) is 0 Å². The van der Waals surface area contributed by atoms with Gasteiger partial charge in [0.1, 0.15) is 0 Å². The molecule has 37 heavy (non-hydrogen) atoms. The molecule has 0 aliphatic carbocycles. The number of piperazine rings is 1. The van der Waals surface area contributed by atoms with Crippen LogP contribution < -0.4 is 15.5 Å². The highest BCUT2D eigenvalue weighted by molar-refractivity contribution is 7.89. The van der Waals surface area contributed by atoms with E-state index in [4.69, 9.17) is 11.6 Å². The van der Waals surface area contributed by atoms with E-state index in [0.29, 0.717) is 38.4 Å². The smallest absolute Gasteiger partial charge is 0.319 e. The molecule has 2 N–H and O–H groups in total. The van der Waals surface area contributed by atoms with Crippen molar-refractivity contribution in [3.05, 3.63) is 83.1 Å². The summed E-state index contributed by atoms with van der Waals surface area (Å²) >= 11 is 6.42. The second kappa shape index (κ2) is 11.1. The van der Waals surface area contributed by atoms with Gasteiger partial charge in [0, 0.05) is 61.5 Å². The zero-order valence-electron chi connectivity index (χ0n) is 21.2. The fraction of sp³-hybridized carbons (Fsp3) is 0.333. The summed E-state index contributed by atoms with van der Waals surface area (Å²) < 4.78 is 28.0. The van der Waals surface area contributed by atoms with Crippen molar-refractivity contribution in [2.45, 2.75) is 37.6 Å². The average Bonchev–Trinajstić information content (AvgIpc) is 2.88. The standard InChI is InChI=1S/C27H32ClN5O3S/c1-27(2,3)24-17-22(8-11-25(24)28)32-13-15-33(16-14-32)37(35,36)23-9-6-21(7-10-23)31-26(34)30-19-20-5-4-12-29-18-20/h4-12,17-18H,13-16,19H2,1-3H3,(H2,30,31,34). The number of amides is 2. The summed E-state index contributed by atoms with van der Waals surface area (Å²) in [7, 11) is -3.65. The monoisotopic (exact) mass is 541 g/mol. The van der Waals surface area contributed by atoms with Crippen LogP contribution in [0.3, 0.4) is 0 Å². The van der Waals surface area contributed by atoms with Gasteiger partial charge in [0.05, 0.1) is 4.90 Å². The Balaban J connectivity index is 1.34.